The first-order chi connectivity index (χ1) is 13.1. The maximum Gasteiger partial charge on any atom is 0.220 e. The van der Waals surface area contributed by atoms with Crippen LogP contribution in [0, 0.1) is 0 Å². The first-order valence-corrected chi connectivity index (χ1v) is 10.6. The Bertz CT molecular complexity index is 810. The van der Waals surface area contributed by atoms with E-state index < -0.39 is 10.0 Å². The zero-order chi connectivity index (χ0) is 19.1. The number of piperazine rings is 1. The lowest BCUT2D eigenvalue weighted by Crippen LogP contribution is -2.54. The van der Waals surface area contributed by atoms with E-state index in [9.17, 15) is 8.42 Å². The quantitative estimate of drug-likeness (QED) is 0.549. The zero-order valence-electron chi connectivity index (χ0n) is 15.4. The molecule has 2 aromatic rings. The molecule has 0 atom stereocenters. The van der Waals surface area contributed by atoms with Gasteiger partial charge in [-0.1, -0.05) is 5.16 Å². The van der Waals surface area contributed by atoms with Gasteiger partial charge in [0.15, 0.2) is 5.96 Å². The van der Waals surface area contributed by atoms with Gasteiger partial charge in [0.2, 0.25) is 10.0 Å². The maximum absolute atomic E-state index is 12.5. The molecule has 148 valence electrons. The molecule has 0 bridgehead atoms. The number of sulfonamides is 1. The van der Waals surface area contributed by atoms with Crippen LogP contribution in [0.5, 0.6) is 0 Å². The van der Waals surface area contributed by atoms with Gasteiger partial charge in [-0.3, -0.25) is 4.99 Å². The average molecular weight is 395 g/mol. The molecule has 0 spiro atoms. The summed E-state index contributed by atoms with van der Waals surface area (Å²) in [6.45, 7) is 5.40. The highest BCUT2D eigenvalue weighted by Gasteiger charge is 2.28. The predicted molar refractivity (Wildman–Crippen MR) is 101 cm³/mol. The van der Waals surface area contributed by atoms with Crippen molar-refractivity contribution < 1.29 is 17.4 Å². The Morgan fingerprint density at radius 3 is 2.70 bits per heavy atom. The van der Waals surface area contributed by atoms with E-state index >= 15 is 0 Å². The van der Waals surface area contributed by atoms with E-state index in [4.69, 9.17) is 8.94 Å². The molecule has 0 aromatic carbocycles. The van der Waals surface area contributed by atoms with Crippen molar-refractivity contribution in [1.29, 1.82) is 0 Å². The van der Waals surface area contributed by atoms with Gasteiger partial charge in [-0.15, -0.1) is 0 Å². The van der Waals surface area contributed by atoms with E-state index in [0.29, 0.717) is 38.4 Å². The zero-order valence-corrected chi connectivity index (χ0v) is 16.2. The summed E-state index contributed by atoms with van der Waals surface area (Å²) in [7, 11) is -3.40. The Balaban J connectivity index is 1.55. The fraction of sp³-hybridized carbons (Fsp3) is 0.529. The minimum absolute atomic E-state index is 0.138. The van der Waals surface area contributed by atoms with Gasteiger partial charge in [0.25, 0.3) is 0 Å². The molecule has 0 unspecified atom stereocenters. The number of nitrogens with zero attached hydrogens (tertiary/aromatic N) is 4. The Morgan fingerprint density at radius 2 is 2.07 bits per heavy atom. The molecule has 1 N–H and O–H groups in total. The van der Waals surface area contributed by atoms with E-state index in [1.54, 1.807) is 12.3 Å². The average Bonchev–Trinajstić information content (AvgIpc) is 3.35. The minimum atomic E-state index is -3.40. The van der Waals surface area contributed by atoms with Crippen LogP contribution in [0.25, 0.3) is 0 Å². The molecule has 10 heteroatoms. The molecule has 1 fully saturated rings. The minimum Gasteiger partial charge on any atom is -0.469 e. The number of aromatic nitrogens is 1. The monoisotopic (exact) mass is 395 g/mol. The molecule has 0 aliphatic carbocycles. The summed E-state index contributed by atoms with van der Waals surface area (Å²) in [5.41, 5.74) is 0.422. The van der Waals surface area contributed by atoms with Gasteiger partial charge in [0, 0.05) is 51.8 Å². The third kappa shape index (κ3) is 5.33. The third-order valence-corrected chi connectivity index (χ3v) is 6.10. The van der Waals surface area contributed by atoms with Crippen molar-refractivity contribution in [3.63, 3.8) is 0 Å². The normalized spacial score (nSPS) is 16.6. The van der Waals surface area contributed by atoms with Gasteiger partial charge in [0.05, 0.1) is 12.0 Å². The van der Waals surface area contributed by atoms with Crippen molar-refractivity contribution in [3.05, 3.63) is 42.2 Å². The molecule has 9 nitrogen and oxygen atoms in total. The number of aliphatic imine (C=N–C) groups is 1. The van der Waals surface area contributed by atoms with E-state index in [1.165, 1.54) is 10.6 Å². The summed E-state index contributed by atoms with van der Waals surface area (Å²) < 4.78 is 36.6. The molecule has 1 saturated heterocycles. The van der Waals surface area contributed by atoms with Crippen LogP contribution in [0.3, 0.4) is 0 Å². The van der Waals surface area contributed by atoms with Crippen LogP contribution in [-0.2, 0) is 22.2 Å². The van der Waals surface area contributed by atoms with Crippen LogP contribution in [0.1, 0.15) is 18.4 Å². The van der Waals surface area contributed by atoms with E-state index in [2.05, 4.69) is 20.4 Å². The molecule has 3 heterocycles. The summed E-state index contributed by atoms with van der Waals surface area (Å²) in [6, 6.07) is 5.37. The smallest absolute Gasteiger partial charge is 0.220 e. The Labute approximate surface area is 159 Å². The second-order valence-electron chi connectivity index (χ2n) is 6.20. The lowest BCUT2D eigenvalue weighted by Gasteiger charge is -2.35. The molecule has 27 heavy (non-hydrogen) atoms. The maximum atomic E-state index is 12.5. The lowest BCUT2D eigenvalue weighted by atomic mass is 10.3. The van der Waals surface area contributed by atoms with Crippen molar-refractivity contribution in [2.75, 3.05) is 39.3 Å². The highest BCUT2D eigenvalue weighted by Crippen LogP contribution is 2.13. The highest BCUT2D eigenvalue weighted by atomic mass is 32.2. The SMILES string of the molecule is CCNC(=NCCc1ccco1)N1CCN(S(=O)(=O)Cc2ccon2)CC1. The third-order valence-electron chi connectivity index (χ3n) is 4.29. The molecular weight excluding hydrogens is 370 g/mol. The standard InChI is InChI=1S/C17H25N5O4S/c1-2-18-17(19-7-5-16-4-3-12-25-16)21-8-10-22(11-9-21)27(23,24)14-15-6-13-26-20-15/h3-4,6,12-13H,2,5,7-11,14H2,1H3,(H,18,19). The molecule has 0 radical (unpaired) electrons. The van der Waals surface area contributed by atoms with Crippen molar-refractivity contribution in [2.24, 2.45) is 4.99 Å². The molecule has 3 rings (SSSR count). The van der Waals surface area contributed by atoms with Crippen LogP contribution in [-0.4, -0.2) is 68.0 Å². The first kappa shape index (κ1) is 19.4. The van der Waals surface area contributed by atoms with Gasteiger partial charge in [-0.25, -0.2) is 8.42 Å². The van der Waals surface area contributed by atoms with Gasteiger partial charge in [0.1, 0.15) is 17.8 Å². The van der Waals surface area contributed by atoms with Crippen LogP contribution in [0.4, 0.5) is 0 Å². The number of hydrogen-bond donors (Lipinski definition) is 1. The molecule has 0 saturated carbocycles. The lowest BCUT2D eigenvalue weighted by molar-refractivity contribution is 0.260. The number of furan rings is 1. The van der Waals surface area contributed by atoms with Gasteiger partial charge in [-0.2, -0.15) is 4.31 Å². The number of rotatable bonds is 7. The molecule has 1 aliphatic rings. The first-order valence-electron chi connectivity index (χ1n) is 9.01. The summed E-state index contributed by atoms with van der Waals surface area (Å²) in [5.74, 6) is 1.57. The molecule has 0 amide bonds. The van der Waals surface area contributed by atoms with Crippen LogP contribution >= 0.6 is 0 Å². The van der Waals surface area contributed by atoms with Crippen molar-refractivity contribution >= 4 is 16.0 Å². The van der Waals surface area contributed by atoms with Gasteiger partial charge >= 0.3 is 0 Å². The number of hydrogen-bond acceptors (Lipinski definition) is 6. The Morgan fingerprint density at radius 1 is 1.26 bits per heavy atom. The summed E-state index contributed by atoms with van der Waals surface area (Å²) in [6.07, 6.45) is 3.77. The van der Waals surface area contributed by atoms with E-state index in [-0.39, 0.29) is 5.75 Å². The van der Waals surface area contributed by atoms with Crippen molar-refractivity contribution in [2.45, 2.75) is 19.1 Å². The topological polar surface area (TPSA) is 104 Å². The molecular formula is C17H25N5O4S. The van der Waals surface area contributed by atoms with Crippen molar-refractivity contribution in [3.8, 4) is 0 Å². The summed E-state index contributed by atoms with van der Waals surface area (Å²) in [4.78, 5) is 6.73. The summed E-state index contributed by atoms with van der Waals surface area (Å²) >= 11 is 0. The second kappa shape index (κ2) is 9.05. The van der Waals surface area contributed by atoms with Crippen molar-refractivity contribution in [1.82, 2.24) is 19.7 Å². The fourth-order valence-corrected chi connectivity index (χ4v) is 4.35. The largest absolute Gasteiger partial charge is 0.469 e. The van der Waals surface area contributed by atoms with Crippen LogP contribution in [0.2, 0.25) is 0 Å². The van der Waals surface area contributed by atoms with E-state index in [0.717, 1.165) is 24.7 Å². The number of nitrogens with one attached hydrogen (secondary N) is 1. The Kier molecular flexibility index (Phi) is 6.51. The van der Waals surface area contributed by atoms with Gasteiger partial charge in [-0.05, 0) is 19.1 Å². The highest BCUT2D eigenvalue weighted by molar-refractivity contribution is 7.88. The fourth-order valence-electron chi connectivity index (χ4n) is 2.92. The van der Waals surface area contributed by atoms with Crippen LogP contribution in [0.15, 0.2) is 44.7 Å². The van der Waals surface area contributed by atoms with E-state index in [1.807, 2.05) is 19.1 Å². The predicted octanol–water partition coefficient (Wildman–Crippen LogP) is 0.923. The summed E-state index contributed by atoms with van der Waals surface area (Å²) in [5, 5.41) is 6.97. The van der Waals surface area contributed by atoms with Crippen LogP contribution < -0.4 is 5.32 Å². The van der Waals surface area contributed by atoms with Gasteiger partial charge < -0.3 is 19.2 Å². The second-order valence-corrected chi connectivity index (χ2v) is 8.17. The molecule has 2 aromatic heterocycles. The molecule has 1 aliphatic heterocycles. The number of guanidine groups is 1. The Hall–Kier alpha value is -2.33.